The van der Waals surface area contributed by atoms with Gasteiger partial charge in [-0.3, -0.25) is 9.48 Å². The number of carbonyl (C=O) groups excluding carboxylic acids is 1. The van der Waals surface area contributed by atoms with E-state index in [1.807, 2.05) is 6.92 Å². The van der Waals surface area contributed by atoms with Crippen molar-refractivity contribution in [2.24, 2.45) is 7.05 Å². The van der Waals surface area contributed by atoms with Crippen molar-refractivity contribution in [1.82, 2.24) is 9.78 Å². The fraction of sp³-hybridized carbons (Fsp3) is 0.286. The first-order valence-corrected chi connectivity index (χ1v) is 7.80. The molecule has 1 aliphatic rings. The summed E-state index contributed by atoms with van der Waals surface area (Å²) in [7, 11) is 1.76. The molecule has 2 heterocycles. The molecule has 0 saturated carbocycles. The van der Waals surface area contributed by atoms with E-state index in [-0.39, 0.29) is 22.7 Å². The quantitative estimate of drug-likeness (QED) is 0.875. The Bertz CT molecular complexity index is 731. The van der Waals surface area contributed by atoms with Gasteiger partial charge < -0.3 is 5.32 Å². The van der Waals surface area contributed by atoms with E-state index >= 15 is 0 Å². The number of nitrogens with one attached hydrogen (secondary N) is 1. The Kier molecular flexibility index (Phi) is 3.67. The predicted octanol–water partition coefficient (Wildman–Crippen LogP) is 3.30. The van der Waals surface area contributed by atoms with Crippen LogP contribution in [-0.4, -0.2) is 21.4 Å². The average molecular weight is 326 g/mol. The summed E-state index contributed by atoms with van der Waals surface area (Å²) in [6.45, 7) is 1.86. The minimum absolute atomic E-state index is 0.110. The molecule has 0 bridgehead atoms. The number of thioether (sulfide) groups is 1. The molecule has 1 amide bonds. The maximum atomic E-state index is 14.3. The number of benzene rings is 1. The lowest BCUT2D eigenvalue weighted by Gasteiger charge is -2.16. The largest absolute Gasteiger partial charge is 0.310 e. The maximum absolute atomic E-state index is 14.3. The maximum Gasteiger partial charge on any atom is 0.235 e. The van der Waals surface area contributed by atoms with Gasteiger partial charge in [0.25, 0.3) is 0 Å². The normalized spacial score (nSPS) is 18.1. The van der Waals surface area contributed by atoms with Gasteiger partial charge >= 0.3 is 0 Å². The third kappa shape index (κ3) is 2.53. The smallest absolute Gasteiger partial charge is 0.235 e. The zero-order valence-corrected chi connectivity index (χ0v) is 13.1. The van der Waals surface area contributed by atoms with Gasteiger partial charge in [-0.05, 0) is 19.1 Å². The second-order valence-electron chi connectivity index (χ2n) is 4.88. The SMILES string of the molecule is Cc1nn(C)c2c1C(c1ccc(Cl)cc1F)SCC(=O)N2. The molecular formula is C14H13ClFN3OS. The lowest BCUT2D eigenvalue weighted by atomic mass is 10.0. The van der Waals surface area contributed by atoms with Gasteiger partial charge in [0.05, 0.1) is 16.7 Å². The lowest BCUT2D eigenvalue weighted by molar-refractivity contribution is -0.113. The molecule has 0 fully saturated rings. The molecule has 3 rings (SSSR count). The fourth-order valence-corrected chi connectivity index (χ4v) is 3.88. The summed E-state index contributed by atoms with van der Waals surface area (Å²) < 4.78 is 15.9. The second kappa shape index (κ2) is 5.35. The highest BCUT2D eigenvalue weighted by Crippen LogP contribution is 2.43. The van der Waals surface area contributed by atoms with Gasteiger partial charge in [0.2, 0.25) is 5.91 Å². The molecule has 1 aromatic heterocycles. The van der Waals surface area contributed by atoms with Crippen molar-refractivity contribution < 1.29 is 9.18 Å². The molecule has 4 nitrogen and oxygen atoms in total. The van der Waals surface area contributed by atoms with Crippen LogP contribution in [0.15, 0.2) is 18.2 Å². The van der Waals surface area contributed by atoms with E-state index in [0.717, 1.165) is 11.3 Å². The van der Waals surface area contributed by atoms with Crippen LogP contribution < -0.4 is 5.32 Å². The van der Waals surface area contributed by atoms with Crippen LogP contribution >= 0.6 is 23.4 Å². The highest BCUT2D eigenvalue weighted by molar-refractivity contribution is 8.00. The van der Waals surface area contributed by atoms with Crippen molar-refractivity contribution in [3.8, 4) is 0 Å². The van der Waals surface area contributed by atoms with Gasteiger partial charge in [-0.15, -0.1) is 11.8 Å². The van der Waals surface area contributed by atoms with Gasteiger partial charge in [-0.2, -0.15) is 5.10 Å². The summed E-state index contributed by atoms with van der Waals surface area (Å²) in [4.78, 5) is 11.8. The first-order valence-electron chi connectivity index (χ1n) is 6.37. The minimum atomic E-state index is -0.372. The summed E-state index contributed by atoms with van der Waals surface area (Å²) >= 11 is 7.20. The molecular weight excluding hydrogens is 313 g/mol. The average Bonchev–Trinajstić information content (AvgIpc) is 2.59. The standard InChI is InChI=1S/C14H13ClFN3OS/c1-7-12-13(9-4-3-8(15)5-10(9)16)21-6-11(20)17-14(12)19(2)18-7/h3-5,13H,6H2,1-2H3,(H,17,20). The van der Waals surface area contributed by atoms with E-state index in [0.29, 0.717) is 16.4 Å². The number of hydrogen-bond acceptors (Lipinski definition) is 3. The first kappa shape index (κ1) is 14.4. The van der Waals surface area contributed by atoms with E-state index in [4.69, 9.17) is 11.6 Å². The number of amides is 1. The third-order valence-corrected chi connectivity index (χ3v) is 4.90. The molecule has 0 saturated heterocycles. The monoisotopic (exact) mass is 325 g/mol. The Labute approximate surface area is 130 Å². The van der Waals surface area contributed by atoms with E-state index in [9.17, 15) is 9.18 Å². The topological polar surface area (TPSA) is 46.9 Å². The van der Waals surface area contributed by atoms with Gasteiger partial charge in [0.1, 0.15) is 11.6 Å². The number of anilines is 1. The molecule has 1 aliphatic heterocycles. The van der Waals surface area contributed by atoms with E-state index in [1.54, 1.807) is 23.9 Å². The molecule has 110 valence electrons. The van der Waals surface area contributed by atoms with Crippen LogP contribution in [0.3, 0.4) is 0 Å². The summed E-state index contributed by atoms with van der Waals surface area (Å²) in [5.74, 6) is 0.410. The Morgan fingerprint density at radius 3 is 3.00 bits per heavy atom. The van der Waals surface area contributed by atoms with Crippen molar-refractivity contribution in [3.05, 3.63) is 45.9 Å². The highest BCUT2D eigenvalue weighted by Gasteiger charge is 2.30. The van der Waals surface area contributed by atoms with Crippen LogP contribution in [0.4, 0.5) is 10.2 Å². The number of nitrogens with zero attached hydrogens (tertiary/aromatic N) is 2. The summed E-state index contributed by atoms with van der Waals surface area (Å²) in [6.07, 6.45) is 0. The molecule has 0 aliphatic carbocycles. The van der Waals surface area contributed by atoms with Crippen molar-refractivity contribution in [2.45, 2.75) is 12.2 Å². The Morgan fingerprint density at radius 1 is 1.52 bits per heavy atom. The molecule has 1 N–H and O–H groups in total. The van der Waals surface area contributed by atoms with Gasteiger partial charge in [-0.1, -0.05) is 17.7 Å². The molecule has 7 heteroatoms. The van der Waals surface area contributed by atoms with E-state index in [2.05, 4.69) is 10.4 Å². The first-order chi connectivity index (χ1) is 9.97. The Balaban J connectivity index is 2.17. The number of aryl methyl sites for hydroxylation is 2. The van der Waals surface area contributed by atoms with Gasteiger partial charge in [-0.25, -0.2) is 4.39 Å². The number of rotatable bonds is 1. The number of aromatic nitrogens is 2. The summed E-state index contributed by atoms with van der Waals surface area (Å²) in [6, 6.07) is 4.62. The zero-order chi connectivity index (χ0) is 15.1. The molecule has 21 heavy (non-hydrogen) atoms. The van der Waals surface area contributed by atoms with E-state index in [1.165, 1.54) is 17.8 Å². The molecule has 1 atom stereocenters. The lowest BCUT2D eigenvalue weighted by Crippen LogP contribution is -2.15. The predicted molar refractivity (Wildman–Crippen MR) is 82.3 cm³/mol. The van der Waals surface area contributed by atoms with Crippen LogP contribution in [0.25, 0.3) is 0 Å². The van der Waals surface area contributed by atoms with Crippen molar-refractivity contribution >= 4 is 35.1 Å². The van der Waals surface area contributed by atoms with Crippen LogP contribution in [-0.2, 0) is 11.8 Å². The van der Waals surface area contributed by atoms with Crippen molar-refractivity contribution in [3.63, 3.8) is 0 Å². The summed E-state index contributed by atoms with van der Waals surface area (Å²) in [5.41, 5.74) is 2.13. The van der Waals surface area contributed by atoms with Gasteiger partial charge in [0.15, 0.2) is 0 Å². The van der Waals surface area contributed by atoms with Gasteiger partial charge in [0, 0.05) is 23.2 Å². The number of fused-ring (bicyclic) bond motifs is 1. The molecule has 1 aromatic carbocycles. The molecule has 2 aromatic rings. The van der Waals surface area contributed by atoms with Crippen LogP contribution in [0.5, 0.6) is 0 Å². The fourth-order valence-electron chi connectivity index (χ4n) is 2.51. The minimum Gasteiger partial charge on any atom is -0.310 e. The zero-order valence-electron chi connectivity index (χ0n) is 11.5. The van der Waals surface area contributed by atoms with E-state index < -0.39 is 0 Å². The Hall–Kier alpha value is -1.53. The third-order valence-electron chi connectivity index (χ3n) is 3.41. The second-order valence-corrected chi connectivity index (χ2v) is 6.41. The number of carbonyl (C=O) groups is 1. The van der Waals surface area contributed by atoms with Crippen molar-refractivity contribution in [1.29, 1.82) is 0 Å². The molecule has 0 radical (unpaired) electrons. The highest BCUT2D eigenvalue weighted by atomic mass is 35.5. The van der Waals surface area contributed by atoms with Crippen LogP contribution in [0.1, 0.15) is 22.1 Å². The number of halogens is 2. The molecule has 1 unspecified atom stereocenters. The number of hydrogen-bond donors (Lipinski definition) is 1. The summed E-state index contributed by atoms with van der Waals surface area (Å²) in [5, 5.41) is 7.23. The van der Waals surface area contributed by atoms with Crippen LogP contribution in [0.2, 0.25) is 5.02 Å². The van der Waals surface area contributed by atoms with Crippen molar-refractivity contribution in [2.75, 3.05) is 11.1 Å². The Morgan fingerprint density at radius 2 is 2.29 bits per heavy atom. The molecule has 0 spiro atoms. The van der Waals surface area contributed by atoms with Crippen LogP contribution in [0, 0.1) is 12.7 Å².